The fraction of sp³-hybridized carbons (Fsp3) is 0.231. The number of thiazole rings is 1. The van der Waals surface area contributed by atoms with Crippen LogP contribution < -0.4 is 4.90 Å². The number of benzene rings is 1. The quantitative estimate of drug-likeness (QED) is 0.781. The zero-order chi connectivity index (χ0) is 12.4. The maximum absolute atomic E-state index is 12.1. The highest BCUT2D eigenvalue weighted by Crippen LogP contribution is 2.20. The molecule has 1 aromatic heterocycles. The van der Waals surface area contributed by atoms with Crippen LogP contribution in [0, 0.1) is 6.92 Å². The van der Waals surface area contributed by atoms with E-state index >= 15 is 0 Å². The van der Waals surface area contributed by atoms with E-state index in [2.05, 4.69) is 4.98 Å². The van der Waals surface area contributed by atoms with Crippen molar-refractivity contribution in [3.05, 3.63) is 46.5 Å². The normalized spacial score (nSPS) is 10.3. The number of hydrogen-bond donors (Lipinski definition) is 0. The van der Waals surface area contributed by atoms with Crippen LogP contribution in [0.25, 0.3) is 0 Å². The molecule has 0 radical (unpaired) electrons. The summed E-state index contributed by atoms with van der Waals surface area (Å²) in [5, 5.41) is 2.65. The van der Waals surface area contributed by atoms with E-state index in [4.69, 9.17) is 0 Å². The largest absolute Gasteiger partial charge is 0.354 e. The van der Waals surface area contributed by atoms with Gasteiger partial charge in [0.2, 0.25) is 5.78 Å². The molecule has 0 saturated heterocycles. The van der Waals surface area contributed by atoms with Crippen LogP contribution in [0.3, 0.4) is 0 Å². The minimum absolute atomic E-state index is 0.0191. The first-order valence-electron chi connectivity index (χ1n) is 5.32. The Balaban J connectivity index is 2.27. The molecule has 2 rings (SSSR count). The Labute approximate surface area is 105 Å². The maximum atomic E-state index is 12.1. The average Bonchev–Trinajstić information content (AvgIpc) is 2.78. The molecule has 1 aromatic carbocycles. The van der Waals surface area contributed by atoms with E-state index in [9.17, 15) is 4.79 Å². The lowest BCUT2D eigenvalue weighted by Crippen LogP contribution is -2.09. The molecule has 0 atom stereocenters. The molecule has 3 nitrogen and oxygen atoms in total. The minimum atomic E-state index is -0.0191. The van der Waals surface area contributed by atoms with Gasteiger partial charge in [-0.25, -0.2) is 4.98 Å². The SMILES string of the molecule is Cc1ccc(C(=O)c2csc(N(C)C)n2)cc1. The highest BCUT2D eigenvalue weighted by Gasteiger charge is 2.13. The standard InChI is InChI=1S/C13H14N2OS/c1-9-4-6-10(7-5-9)12(16)11-8-17-13(14-11)15(2)3/h4-8H,1-3H3. The second-order valence-corrected chi connectivity index (χ2v) is 4.94. The maximum Gasteiger partial charge on any atom is 0.212 e. The molecule has 0 spiro atoms. The van der Waals surface area contributed by atoms with Gasteiger partial charge < -0.3 is 4.90 Å². The third kappa shape index (κ3) is 2.53. The summed E-state index contributed by atoms with van der Waals surface area (Å²) in [7, 11) is 3.83. The first kappa shape index (κ1) is 11.8. The Bertz CT molecular complexity index is 529. The number of rotatable bonds is 3. The van der Waals surface area contributed by atoms with Gasteiger partial charge in [-0.2, -0.15) is 0 Å². The van der Waals surface area contributed by atoms with Crippen molar-refractivity contribution < 1.29 is 4.79 Å². The molecule has 2 aromatic rings. The molecule has 0 N–H and O–H groups in total. The lowest BCUT2D eigenvalue weighted by molar-refractivity contribution is 0.103. The number of carbonyl (C=O) groups is 1. The van der Waals surface area contributed by atoms with Crippen molar-refractivity contribution in [2.24, 2.45) is 0 Å². The van der Waals surface area contributed by atoms with Gasteiger partial charge in [0, 0.05) is 25.0 Å². The second-order valence-electron chi connectivity index (χ2n) is 4.10. The minimum Gasteiger partial charge on any atom is -0.354 e. The third-order valence-electron chi connectivity index (χ3n) is 2.42. The van der Waals surface area contributed by atoms with Crippen LogP contribution in [0.2, 0.25) is 0 Å². The van der Waals surface area contributed by atoms with Crippen LogP contribution in [0.15, 0.2) is 29.6 Å². The summed E-state index contributed by atoms with van der Waals surface area (Å²) in [4.78, 5) is 18.3. The molecule has 0 saturated carbocycles. The number of hydrogen-bond acceptors (Lipinski definition) is 4. The van der Waals surface area contributed by atoms with Crippen molar-refractivity contribution in [1.82, 2.24) is 4.98 Å². The molecule has 0 bridgehead atoms. The number of anilines is 1. The van der Waals surface area contributed by atoms with Gasteiger partial charge in [0.25, 0.3) is 0 Å². The predicted octanol–water partition coefficient (Wildman–Crippen LogP) is 2.75. The van der Waals surface area contributed by atoms with Gasteiger partial charge >= 0.3 is 0 Å². The average molecular weight is 246 g/mol. The van der Waals surface area contributed by atoms with Crippen molar-refractivity contribution in [2.75, 3.05) is 19.0 Å². The molecule has 0 fully saturated rings. The molecule has 0 aliphatic carbocycles. The van der Waals surface area contributed by atoms with Crippen molar-refractivity contribution in [3.63, 3.8) is 0 Å². The number of aryl methyl sites for hydroxylation is 1. The van der Waals surface area contributed by atoms with Gasteiger partial charge in [0.05, 0.1) is 0 Å². The summed E-state index contributed by atoms with van der Waals surface area (Å²) >= 11 is 1.48. The summed E-state index contributed by atoms with van der Waals surface area (Å²) in [6.45, 7) is 2.00. The highest BCUT2D eigenvalue weighted by atomic mass is 32.1. The lowest BCUT2D eigenvalue weighted by atomic mass is 10.1. The van der Waals surface area contributed by atoms with E-state index in [-0.39, 0.29) is 5.78 Å². The zero-order valence-corrected chi connectivity index (χ0v) is 10.9. The fourth-order valence-electron chi connectivity index (χ4n) is 1.43. The number of ketones is 1. The number of nitrogens with zero attached hydrogens (tertiary/aromatic N) is 2. The second kappa shape index (κ2) is 4.67. The predicted molar refractivity (Wildman–Crippen MR) is 71.1 cm³/mol. The molecule has 17 heavy (non-hydrogen) atoms. The summed E-state index contributed by atoms with van der Waals surface area (Å²) in [5.41, 5.74) is 2.35. The monoisotopic (exact) mass is 246 g/mol. The Morgan fingerprint density at radius 3 is 2.41 bits per heavy atom. The molecular formula is C13H14N2OS. The fourth-order valence-corrected chi connectivity index (χ4v) is 2.17. The molecule has 1 heterocycles. The topological polar surface area (TPSA) is 33.2 Å². The summed E-state index contributed by atoms with van der Waals surface area (Å²) in [6.07, 6.45) is 0. The van der Waals surface area contributed by atoms with Gasteiger partial charge in [-0.3, -0.25) is 4.79 Å². The van der Waals surface area contributed by atoms with Gasteiger partial charge in [0.15, 0.2) is 5.13 Å². The Morgan fingerprint density at radius 1 is 1.24 bits per heavy atom. The Morgan fingerprint density at radius 2 is 1.88 bits per heavy atom. The lowest BCUT2D eigenvalue weighted by Gasteiger charge is -2.05. The highest BCUT2D eigenvalue weighted by molar-refractivity contribution is 7.13. The van der Waals surface area contributed by atoms with Gasteiger partial charge in [-0.1, -0.05) is 29.8 Å². The molecule has 0 unspecified atom stereocenters. The van der Waals surface area contributed by atoms with E-state index in [1.54, 1.807) is 5.38 Å². The third-order valence-corrected chi connectivity index (χ3v) is 3.43. The summed E-state index contributed by atoms with van der Waals surface area (Å²) in [5.74, 6) is -0.0191. The van der Waals surface area contributed by atoms with Gasteiger partial charge in [-0.05, 0) is 6.92 Å². The van der Waals surface area contributed by atoms with Crippen molar-refractivity contribution in [2.45, 2.75) is 6.92 Å². The molecular weight excluding hydrogens is 232 g/mol. The van der Waals surface area contributed by atoms with Crippen LogP contribution in [-0.4, -0.2) is 24.9 Å². The van der Waals surface area contributed by atoms with E-state index in [0.717, 1.165) is 10.7 Å². The van der Waals surface area contributed by atoms with Crippen molar-refractivity contribution in [1.29, 1.82) is 0 Å². The van der Waals surface area contributed by atoms with E-state index < -0.39 is 0 Å². The molecule has 88 valence electrons. The Kier molecular flexibility index (Phi) is 3.24. The molecule has 0 aliphatic rings. The first-order valence-corrected chi connectivity index (χ1v) is 6.20. The van der Waals surface area contributed by atoms with Crippen LogP contribution in [0.5, 0.6) is 0 Å². The van der Waals surface area contributed by atoms with E-state index in [0.29, 0.717) is 11.3 Å². The van der Waals surface area contributed by atoms with Gasteiger partial charge in [0.1, 0.15) is 5.69 Å². The smallest absolute Gasteiger partial charge is 0.212 e. The zero-order valence-electron chi connectivity index (χ0n) is 10.1. The molecule has 0 aliphatic heterocycles. The van der Waals surface area contributed by atoms with Crippen molar-refractivity contribution in [3.8, 4) is 0 Å². The van der Waals surface area contributed by atoms with Crippen LogP contribution in [0.1, 0.15) is 21.6 Å². The van der Waals surface area contributed by atoms with E-state index in [1.165, 1.54) is 11.3 Å². The Hall–Kier alpha value is -1.68. The first-order chi connectivity index (χ1) is 8.08. The van der Waals surface area contributed by atoms with Crippen LogP contribution in [0.4, 0.5) is 5.13 Å². The summed E-state index contributed by atoms with van der Waals surface area (Å²) in [6, 6.07) is 7.55. The van der Waals surface area contributed by atoms with Crippen molar-refractivity contribution >= 4 is 22.3 Å². The number of carbonyl (C=O) groups excluding carboxylic acids is 1. The van der Waals surface area contributed by atoms with Crippen LogP contribution in [-0.2, 0) is 0 Å². The van der Waals surface area contributed by atoms with Crippen LogP contribution >= 0.6 is 11.3 Å². The number of aromatic nitrogens is 1. The molecule has 4 heteroatoms. The van der Waals surface area contributed by atoms with E-state index in [1.807, 2.05) is 50.2 Å². The van der Waals surface area contributed by atoms with Gasteiger partial charge in [-0.15, -0.1) is 11.3 Å². The molecule has 0 amide bonds. The summed E-state index contributed by atoms with van der Waals surface area (Å²) < 4.78 is 0.